The summed E-state index contributed by atoms with van der Waals surface area (Å²) in [6.07, 6.45) is 4.51. The van der Waals surface area contributed by atoms with Crippen molar-refractivity contribution in [2.24, 2.45) is 0 Å². The molecule has 3 nitrogen and oxygen atoms in total. The largest absolute Gasteiger partial charge is 0.383 e. The lowest BCUT2D eigenvalue weighted by Crippen LogP contribution is -2.21. The van der Waals surface area contributed by atoms with Crippen molar-refractivity contribution in [1.82, 2.24) is 9.97 Å². The lowest BCUT2D eigenvalue weighted by Gasteiger charge is -2.29. The molecule has 0 amide bonds. The lowest BCUT2D eigenvalue weighted by molar-refractivity contribution is 0.743. The molecule has 98 valence electrons. The first kappa shape index (κ1) is 12.6. The highest BCUT2D eigenvalue weighted by Gasteiger charge is 2.30. The standard InChI is InChI=1S/C13H19N3S2/c1-2-10-11(18-7-6-17-10)13-15-9-5-3-4-8(9)12(14)16-13/h10-11H,2-7H2,1H3,(H2,14,15,16). The Morgan fingerprint density at radius 3 is 2.89 bits per heavy atom. The Labute approximate surface area is 117 Å². The molecule has 1 fully saturated rings. The summed E-state index contributed by atoms with van der Waals surface area (Å²) in [5, 5.41) is 1.07. The van der Waals surface area contributed by atoms with Gasteiger partial charge in [0.05, 0.1) is 5.25 Å². The van der Waals surface area contributed by atoms with Crippen LogP contribution in [0.2, 0.25) is 0 Å². The van der Waals surface area contributed by atoms with Crippen molar-refractivity contribution < 1.29 is 0 Å². The van der Waals surface area contributed by atoms with Gasteiger partial charge in [0.2, 0.25) is 0 Å². The van der Waals surface area contributed by atoms with Crippen LogP contribution in [0.25, 0.3) is 0 Å². The average molecular weight is 281 g/mol. The number of thioether (sulfide) groups is 2. The molecule has 2 N–H and O–H groups in total. The molecule has 2 atom stereocenters. The molecule has 1 aliphatic heterocycles. The van der Waals surface area contributed by atoms with Gasteiger partial charge in [-0.1, -0.05) is 6.92 Å². The summed E-state index contributed by atoms with van der Waals surface area (Å²) < 4.78 is 0. The molecule has 0 radical (unpaired) electrons. The second-order valence-corrected chi connectivity index (χ2v) is 7.45. The number of rotatable bonds is 2. The van der Waals surface area contributed by atoms with E-state index < -0.39 is 0 Å². The zero-order chi connectivity index (χ0) is 12.5. The third-order valence-electron chi connectivity index (χ3n) is 3.69. The topological polar surface area (TPSA) is 51.8 Å². The molecule has 0 saturated carbocycles. The van der Waals surface area contributed by atoms with Crippen LogP contribution in [0.15, 0.2) is 0 Å². The van der Waals surface area contributed by atoms with E-state index >= 15 is 0 Å². The third kappa shape index (κ3) is 2.23. The molecule has 1 aromatic rings. The van der Waals surface area contributed by atoms with Crippen LogP contribution in [0, 0.1) is 0 Å². The van der Waals surface area contributed by atoms with Crippen molar-refractivity contribution in [3.8, 4) is 0 Å². The minimum atomic E-state index is 0.432. The van der Waals surface area contributed by atoms with E-state index in [0.29, 0.717) is 10.5 Å². The molecule has 0 spiro atoms. The summed E-state index contributed by atoms with van der Waals surface area (Å²) in [6, 6.07) is 0. The molecule has 2 aliphatic rings. The van der Waals surface area contributed by atoms with Crippen LogP contribution in [-0.4, -0.2) is 26.7 Å². The van der Waals surface area contributed by atoms with Crippen LogP contribution in [-0.2, 0) is 12.8 Å². The Morgan fingerprint density at radius 2 is 2.06 bits per heavy atom. The fourth-order valence-corrected chi connectivity index (χ4v) is 5.74. The fourth-order valence-electron chi connectivity index (χ4n) is 2.75. The molecule has 0 bridgehead atoms. The van der Waals surface area contributed by atoms with E-state index in [-0.39, 0.29) is 0 Å². The van der Waals surface area contributed by atoms with Crippen LogP contribution in [0.5, 0.6) is 0 Å². The van der Waals surface area contributed by atoms with Crippen molar-refractivity contribution in [2.75, 3.05) is 17.2 Å². The summed E-state index contributed by atoms with van der Waals surface area (Å²) in [5.74, 6) is 4.17. The number of aromatic nitrogens is 2. The minimum Gasteiger partial charge on any atom is -0.383 e. The normalized spacial score (nSPS) is 27.2. The number of anilines is 1. The lowest BCUT2D eigenvalue weighted by atomic mass is 10.2. The van der Waals surface area contributed by atoms with Crippen LogP contribution in [0.4, 0.5) is 5.82 Å². The summed E-state index contributed by atoms with van der Waals surface area (Å²) in [7, 11) is 0. The Morgan fingerprint density at radius 1 is 1.22 bits per heavy atom. The van der Waals surface area contributed by atoms with E-state index in [1.165, 1.54) is 35.6 Å². The second kappa shape index (κ2) is 5.29. The van der Waals surface area contributed by atoms with Crippen LogP contribution in [0.3, 0.4) is 0 Å². The Kier molecular flexibility index (Phi) is 3.71. The Balaban J connectivity index is 1.93. The maximum atomic E-state index is 6.10. The van der Waals surface area contributed by atoms with Gasteiger partial charge in [0.25, 0.3) is 0 Å². The summed E-state index contributed by atoms with van der Waals surface area (Å²) in [5.41, 5.74) is 8.52. The molecule has 18 heavy (non-hydrogen) atoms. The SMILES string of the molecule is CCC1SCCSC1c1nc(N)c2c(n1)CCC2. The van der Waals surface area contributed by atoms with E-state index in [2.05, 4.69) is 23.7 Å². The van der Waals surface area contributed by atoms with Crippen molar-refractivity contribution in [1.29, 1.82) is 0 Å². The number of aryl methyl sites for hydroxylation is 1. The molecule has 1 aromatic heterocycles. The zero-order valence-electron chi connectivity index (χ0n) is 10.7. The number of nitrogens with zero attached hydrogens (tertiary/aromatic N) is 2. The van der Waals surface area contributed by atoms with Gasteiger partial charge in [0.15, 0.2) is 0 Å². The third-order valence-corrected chi connectivity index (χ3v) is 6.93. The van der Waals surface area contributed by atoms with Crippen LogP contribution < -0.4 is 5.73 Å². The molecule has 3 rings (SSSR count). The molecular formula is C13H19N3S2. The number of fused-ring (bicyclic) bond motifs is 1. The van der Waals surface area contributed by atoms with E-state index in [1.807, 2.05) is 11.8 Å². The maximum absolute atomic E-state index is 6.10. The highest BCUT2D eigenvalue weighted by atomic mass is 32.2. The van der Waals surface area contributed by atoms with Gasteiger partial charge in [-0.25, -0.2) is 9.97 Å². The van der Waals surface area contributed by atoms with E-state index in [9.17, 15) is 0 Å². The van der Waals surface area contributed by atoms with E-state index in [1.54, 1.807) is 0 Å². The minimum absolute atomic E-state index is 0.432. The van der Waals surface area contributed by atoms with Gasteiger partial charge in [-0.15, -0.1) is 11.8 Å². The molecule has 0 aromatic carbocycles. The van der Waals surface area contributed by atoms with Gasteiger partial charge < -0.3 is 5.73 Å². The average Bonchev–Trinajstić information content (AvgIpc) is 2.87. The monoisotopic (exact) mass is 281 g/mol. The van der Waals surface area contributed by atoms with Gasteiger partial charge in [0, 0.05) is 28.0 Å². The smallest absolute Gasteiger partial charge is 0.145 e. The van der Waals surface area contributed by atoms with Crippen LogP contribution >= 0.6 is 23.5 Å². The van der Waals surface area contributed by atoms with Gasteiger partial charge in [0.1, 0.15) is 11.6 Å². The van der Waals surface area contributed by atoms with Crippen LogP contribution in [0.1, 0.15) is 42.1 Å². The maximum Gasteiger partial charge on any atom is 0.145 e. The fraction of sp³-hybridized carbons (Fsp3) is 0.692. The van der Waals surface area contributed by atoms with Crippen molar-refractivity contribution in [3.05, 3.63) is 17.1 Å². The zero-order valence-corrected chi connectivity index (χ0v) is 12.3. The molecule has 1 aliphatic carbocycles. The molecule has 2 unspecified atom stereocenters. The second-order valence-electron chi connectivity index (χ2n) is 4.85. The molecule has 1 saturated heterocycles. The van der Waals surface area contributed by atoms with Gasteiger partial charge in [-0.3, -0.25) is 0 Å². The number of hydrogen-bond donors (Lipinski definition) is 1. The van der Waals surface area contributed by atoms with Crippen molar-refractivity contribution in [3.63, 3.8) is 0 Å². The first-order valence-electron chi connectivity index (χ1n) is 6.68. The highest BCUT2D eigenvalue weighted by molar-refractivity contribution is 8.06. The predicted molar refractivity (Wildman–Crippen MR) is 80.2 cm³/mol. The van der Waals surface area contributed by atoms with Gasteiger partial charge >= 0.3 is 0 Å². The summed E-state index contributed by atoms with van der Waals surface area (Å²) >= 11 is 4.07. The van der Waals surface area contributed by atoms with E-state index in [4.69, 9.17) is 10.7 Å². The Hall–Kier alpha value is -0.420. The first-order valence-corrected chi connectivity index (χ1v) is 8.77. The summed E-state index contributed by atoms with van der Waals surface area (Å²) in [4.78, 5) is 9.41. The quantitative estimate of drug-likeness (QED) is 0.903. The number of nitrogen functional groups attached to an aromatic ring is 1. The van der Waals surface area contributed by atoms with Crippen molar-refractivity contribution in [2.45, 2.75) is 43.1 Å². The Bertz CT molecular complexity index is 450. The van der Waals surface area contributed by atoms with Gasteiger partial charge in [-0.05, 0) is 25.7 Å². The molecule has 2 heterocycles. The summed E-state index contributed by atoms with van der Waals surface area (Å²) in [6.45, 7) is 2.26. The highest BCUT2D eigenvalue weighted by Crippen LogP contribution is 2.43. The van der Waals surface area contributed by atoms with Crippen molar-refractivity contribution >= 4 is 29.3 Å². The predicted octanol–water partition coefficient (Wildman–Crippen LogP) is 2.85. The number of hydrogen-bond acceptors (Lipinski definition) is 5. The molecular weight excluding hydrogens is 262 g/mol. The first-order chi connectivity index (χ1) is 8.79. The van der Waals surface area contributed by atoms with Gasteiger partial charge in [-0.2, -0.15) is 11.8 Å². The van der Waals surface area contributed by atoms with E-state index in [0.717, 1.165) is 24.5 Å². The molecule has 5 heteroatoms. The number of nitrogens with two attached hydrogens (primary N) is 1.